The van der Waals surface area contributed by atoms with Crippen LogP contribution in [0.15, 0.2) is 29.3 Å². The Bertz CT molecular complexity index is 692. The highest BCUT2D eigenvalue weighted by Gasteiger charge is 2.10. The lowest BCUT2D eigenvalue weighted by Gasteiger charge is -2.17. The second kappa shape index (κ2) is 9.21. The number of anilines is 1. The highest BCUT2D eigenvalue weighted by Crippen LogP contribution is 2.08. The average Bonchev–Trinajstić information content (AvgIpc) is 2.48. The van der Waals surface area contributed by atoms with Gasteiger partial charge in [0.25, 0.3) is 0 Å². The summed E-state index contributed by atoms with van der Waals surface area (Å²) < 4.78 is 35.3. The maximum atomic E-state index is 13.0. The Morgan fingerprint density at radius 3 is 2.67 bits per heavy atom. The van der Waals surface area contributed by atoms with E-state index >= 15 is 0 Å². The van der Waals surface area contributed by atoms with E-state index in [1.807, 2.05) is 6.92 Å². The van der Waals surface area contributed by atoms with Crippen molar-refractivity contribution in [3.63, 3.8) is 0 Å². The van der Waals surface area contributed by atoms with Crippen molar-refractivity contribution in [1.29, 1.82) is 0 Å². The minimum atomic E-state index is -3.02. The van der Waals surface area contributed by atoms with Gasteiger partial charge < -0.3 is 16.0 Å². The molecular formula is C15H23FN4O3S. The Morgan fingerprint density at radius 2 is 2.08 bits per heavy atom. The summed E-state index contributed by atoms with van der Waals surface area (Å²) in [4.78, 5) is 15.8. The molecular weight excluding hydrogens is 335 g/mol. The van der Waals surface area contributed by atoms with Crippen molar-refractivity contribution in [2.45, 2.75) is 19.4 Å². The summed E-state index contributed by atoms with van der Waals surface area (Å²) in [7, 11) is -1.48. The lowest BCUT2D eigenvalue weighted by molar-refractivity contribution is -0.115. The Kier molecular flexibility index (Phi) is 7.63. The van der Waals surface area contributed by atoms with Gasteiger partial charge in [-0.05, 0) is 31.5 Å². The molecule has 1 aromatic rings. The monoisotopic (exact) mass is 358 g/mol. The zero-order valence-corrected chi connectivity index (χ0v) is 14.8. The van der Waals surface area contributed by atoms with E-state index in [4.69, 9.17) is 0 Å². The van der Waals surface area contributed by atoms with Gasteiger partial charge >= 0.3 is 0 Å². The van der Waals surface area contributed by atoms with Crippen LogP contribution in [0.2, 0.25) is 0 Å². The average molecular weight is 358 g/mol. The standard InChI is InChI=1S/C15H23FN4O3S/c1-11(7-8-24(3,22)23)19-15(17-2)18-10-14(21)20-13-6-4-5-12(16)9-13/h4-6,9,11H,7-8,10H2,1-3H3,(H,20,21)(H2,17,18,19). The van der Waals surface area contributed by atoms with Crippen molar-refractivity contribution in [1.82, 2.24) is 10.6 Å². The molecule has 0 saturated heterocycles. The number of carbonyl (C=O) groups is 1. The Morgan fingerprint density at radius 1 is 1.38 bits per heavy atom. The molecule has 1 aromatic carbocycles. The first-order valence-corrected chi connectivity index (χ1v) is 9.46. The molecule has 0 radical (unpaired) electrons. The molecule has 1 unspecified atom stereocenters. The maximum Gasteiger partial charge on any atom is 0.243 e. The Labute approximate surface area is 141 Å². The van der Waals surface area contributed by atoms with Crippen LogP contribution in [0.4, 0.5) is 10.1 Å². The Hall–Kier alpha value is -2.16. The van der Waals surface area contributed by atoms with Crippen LogP contribution in [-0.4, -0.2) is 51.9 Å². The van der Waals surface area contributed by atoms with Gasteiger partial charge in [0.15, 0.2) is 5.96 Å². The molecule has 0 spiro atoms. The first-order chi connectivity index (χ1) is 11.2. The van der Waals surface area contributed by atoms with Gasteiger partial charge in [0, 0.05) is 25.0 Å². The molecule has 0 heterocycles. The number of rotatable bonds is 7. The molecule has 0 fully saturated rings. The number of guanidine groups is 1. The Balaban J connectivity index is 2.41. The van der Waals surface area contributed by atoms with E-state index in [2.05, 4.69) is 20.9 Å². The van der Waals surface area contributed by atoms with Crippen LogP contribution in [0.3, 0.4) is 0 Å². The van der Waals surface area contributed by atoms with Crippen molar-refractivity contribution in [2.75, 3.05) is 30.9 Å². The summed E-state index contributed by atoms with van der Waals surface area (Å²) in [6.07, 6.45) is 1.61. The summed E-state index contributed by atoms with van der Waals surface area (Å²) in [6.45, 7) is 1.76. The number of nitrogens with one attached hydrogen (secondary N) is 3. The first kappa shape index (κ1) is 19.9. The van der Waals surface area contributed by atoms with Gasteiger partial charge in [0.1, 0.15) is 15.7 Å². The minimum absolute atomic E-state index is 0.0605. The number of amides is 1. The maximum absolute atomic E-state index is 13.0. The van der Waals surface area contributed by atoms with Crippen molar-refractivity contribution < 1.29 is 17.6 Å². The van der Waals surface area contributed by atoms with E-state index in [9.17, 15) is 17.6 Å². The number of hydrogen-bond donors (Lipinski definition) is 3. The number of nitrogens with zero attached hydrogens (tertiary/aromatic N) is 1. The molecule has 7 nitrogen and oxygen atoms in total. The third-order valence-corrected chi connectivity index (χ3v) is 4.03. The molecule has 3 N–H and O–H groups in total. The van der Waals surface area contributed by atoms with Gasteiger partial charge in [0.2, 0.25) is 5.91 Å². The molecule has 134 valence electrons. The second-order valence-electron chi connectivity index (χ2n) is 5.45. The summed E-state index contributed by atoms with van der Waals surface area (Å²) in [6, 6.07) is 5.47. The van der Waals surface area contributed by atoms with Gasteiger partial charge in [0.05, 0.1) is 12.3 Å². The SMILES string of the molecule is CN=C(NCC(=O)Nc1cccc(F)c1)NC(C)CCS(C)(=O)=O. The third kappa shape index (κ3) is 8.47. The molecule has 1 atom stereocenters. The predicted octanol–water partition coefficient (Wildman–Crippen LogP) is 0.752. The highest BCUT2D eigenvalue weighted by molar-refractivity contribution is 7.90. The van der Waals surface area contributed by atoms with E-state index < -0.39 is 15.7 Å². The fraction of sp³-hybridized carbons (Fsp3) is 0.467. The smallest absolute Gasteiger partial charge is 0.243 e. The number of carbonyl (C=O) groups excluding carboxylic acids is 1. The van der Waals surface area contributed by atoms with Crippen LogP contribution in [0.1, 0.15) is 13.3 Å². The normalized spacial score (nSPS) is 13.2. The van der Waals surface area contributed by atoms with Crippen LogP contribution in [0.25, 0.3) is 0 Å². The van der Waals surface area contributed by atoms with Crippen molar-refractivity contribution in [3.8, 4) is 0 Å². The van der Waals surface area contributed by atoms with Gasteiger partial charge in [-0.3, -0.25) is 9.79 Å². The molecule has 0 aliphatic carbocycles. The lowest BCUT2D eigenvalue weighted by atomic mass is 10.3. The van der Waals surface area contributed by atoms with Crippen LogP contribution in [0, 0.1) is 5.82 Å². The van der Waals surface area contributed by atoms with E-state index in [1.165, 1.54) is 24.5 Å². The number of hydrogen-bond acceptors (Lipinski definition) is 4. The van der Waals surface area contributed by atoms with Crippen molar-refractivity contribution in [3.05, 3.63) is 30.1 Å². The summed E-state index contributed by atoms with van der Waals surface area (Å²) >= 11 is 0. The van der Waals surface area contributed by atoms with Crippen LogP contribution >= 0.6 is 0 Å². The fourth-order valence-electron chi connectivity index (χ4n) is 1.83. The van der Waals surface area contributed by atoms with E-state index in [0.717, 1.165) is 0 Å². The van der Waals surface area contributed by atoms with Gasteiger partial charge in [-0.15, -0.1) is 0 Å². The first-order valence-electron chi connectivity index (χ1n) is 7.40. The molecule has 0 aliphatic heterocycles. The molecule has 0 bridgehead atoms. The van der Waals surface area contributed by atoms with Gasteiger partial charge in [-0.25, -0.2) is 12.8 Å². The molecule has 0 aromatic heterocycles. The second-order valence-corrected chi connectivity index (χ2v) is 7.71. The number of benzene rings is 1. The fourth-order valence-corrected chi connectivity index (χ4v) is 2.61. The van der Waals surface area contributed by atoms with Crippen molar-refractivity contribution in [2.24, 2.45) is 4.99 Å². The topological polar surface area (TPSA) is 99.7 Å². The molecule has 0 aliphatic rings. The molecule has 1 amide bonds. The van der Waals surface area contributed by atoms with Gasteiger partial charge in [-0.1, -0.05) is 6.07 Å². The zero-order chi connectivity index (χ0) is 18.2. The summed E-state index contributed by atoms with van der Waals surface area (Å²) in [5, 5.41) is 8.37. The molecule has 9 heteroatoms. The van der Waals surface area contributed by atoms with Gasteiger partial charge in [-0.2, -0.15) is 0 Å². The molecule has 24 heavy (non-hydrogen) atoms. The third-order valence-electron chi connectivity index (χ3n) is 3.05. The molecule has 0 saturated carbocycles. The number of aliphatic imine (C=N–C) groups is 1. The van der Waals surface area contributed by atoms with Crippen LogP contribution in [0.5, 0.6) is 0 Å². The zero-order valence-electron chi connectivity index (χ0n) is 14.0. The molecule has 1 rings (SSSR count). The highest BCUT2D eigenvalue weighted by atomic mass is 32.2. The summed E-state index contributed by atoms with van der Waals surface area (Å²) in [5.74, 6) is -0.339. The number of halogens is 1. The quantitative estimate of drug-likeness (QED) is 0.493. The van der Waals surface area contributed by atoms with Crippen molar-refractivity contribution >= 4 is 27.4 Å². The predicted molar refractivity (Wildman–Crippen MR) is 93.3 cm³/mol. The van der Waals surface area contributed by atoms with E-state index in [1.54, 1.807) is 13.1 Å². The van der Waals surface area contributed by atoms with Crippen LogP contribution in [-0.2, 0) is 14.6 Å². The number of sulfone groups is 1. The summed E-state index contributed by atoms with van der Waals surface area (Å²) in [5.41, 5.74) is 0.367. The van der Waals surface area contributed by atoms with E-state index in [-0.39, 0.29) is 24.2 Å². The lowest BCUT2D eigenvalue weighted by Crippen LogP contribution is -2.45. The van der Waals surface area contributed by atoms with E-state index in [0.29, 0.717) is 18.1 Å². The largest absolute Gasteiger partial charge is 0.354 e. The van der Waals surface area contributed by atoms with Crippen LogP contribution < -0.4 is 16.0 Å². The minimum Gasteiger partial charge on any atom is -0.354 e.